The van der Waals surface area contributed by atoms with Gasteiger partial charge in [0.2, 0.25) is 0 Å². The molecule has 4 nitrogen and oxygen atoms in total. The molecule has 1 aromatic carbocycles. The lowest BCUT2D eigenvalue weighted by Crippen LogP contribution is -2.29. The first kappa shape index (κ1) is 11.4. The van der Waals surface area contributed by atoms with Gasteiger partial charge in [0.05, 0.1) is 0 Å². The van der Waals surface area contributed by atoms with E-state index in [0.717, 1.165) is 25.3 Å². The molecule has 1 aliphatic rings. The number of aromatic nitrogens is 3. The first-order chi connectivity index (χ1) is 8.93. The molecule has 1 fully saturated rings. The Hall–Kier alpha value is -1.68. The van der Waals surface area contributed by atoms with Crippen LogP contribution in [0.4, 0.5) is 0 Å². The van der Waals surface area contributed by atoms with Gasteiger partial charge in [-0.15, -0.1) is 10.2 Å². The molecule has 2 aromatic rings. The lowest BCUT2D eigenvalue weighted by Gasteiger charge is -2.24. The molecule has 94 valence electrons. The van der Waals surface area contributed by atoms with Crippen molar-refractivity contribution in [2.45, 2.75) is 25.3 Å². The van der Waals surface area contributed by atoms with Gasteiger partial charge >= 0.3 is 0 Å². The summed E-state index contributed by atoms with van der Waals surface area (Å²) < 4.78 is 2.26. The predicted octanol–water partition coefficient (Wildman–Crippen LogP) is 1.79. The molecule has 4 heteroatoms. The fraction of sp³-hybridized carbons (Fsp3) is 0.429. The van der Waals surface area contributed by atoms with Crippen LogP contribution in [-0.2, 0) is 6.42 Å². The zero-order valence-electron chi connectivity index (χ0n) is 10.4. The van der Waals surface area contributed by atoms with E-state index in [4.69, 9.17) is 0 Å². The molecule has 0 unspecified atom stereocenters. The number of benzene rings is 1. The average molecular weight is 242 g/mol. The maximum atomic E-state index is 4.28. The molecule has 1 N–H and O–H groups in total. The van der Waals surface area contributed by atoms with Crippen LogP contribution in [0.25, 0.3) is 0 Å². The van der Waals surface area contributed by atoms with E-state index in [1.807, 2.05) is 12.4 Å². The summed E-state index contributed by atoms with van der Waals surface area (Å²) in [6, 6.07) is 11.0. The van der Waals surface area contributed by atoms with Crippen molar-refractivity contribution in [3.8, 4) is 0 Å². The molecule has 1 saturated heterocycles. The zero-order chi connectivity index (χ0) is 12.2. The van der Waals surface area contributed by atoms with Crippen LogP contribution in [0.3, 0.4) is 0 Å². The Morgan fingerprint density at radius 1 is 1.17 bits per heavy atom. The number of rotatable bonds is 3. The average Bonchev–Trinajstić information content (AvgIpc) is 2.89. The van der Waals surface area contributed by atoms with Crippen molar-refractivity contribution >= 4 is 0 Å². The van der Waals surface area contributed by atoms with Gasteiger partial charge in [0.1, 0.15) is 12.2 Å². The van der Waals surface area contributed by atoms with E-state index in [2.05, 4.69) is 44.3 Å². The maximum absolute atomic E-state index is 4.28. The lowest BCUT2D eigenvalue weighted by atomic mass is 10.1. The monoisotopic (exact) mass is 242 g/mol. The number of nitrogens with zero attached hydrogens (tertiary/aromatic N) is 3. The summed E-state index contributed by atoms with van der Waals surface area (Å²) in [5.74, 6) is 1.08. The van der Waals surface area contributed by atoms with Gasteiger partial charge in [0.15, 0.2) is 0 Å². The van der Waals surface area contributed by atoms with Crippen molar-refractivity contribution in [3.63, 3.8) is 0 Å². The Labute approximate surface area is 107 Å². The number of nitrogens with one attached hydrogen (secondary N) is 1. The van der Waals surface area contributed by atoms with Crippen molar-refractivity contribution in [2.24, 2.45) is 0 Å². The van der Waals surface area contributed by atoms with E-state index in [0.29, 0.717) is 6.04 Å². The van der Waals surface area contributed by atoms with Gasteiger partial charge in [0, 0.05) is 12.5 Å². The highest BCUT2D eigenvalue weighted by Gasteiger charge is 2.18. The molecule has 0 atom stereocenters. The Balaban J connectivity index is 1.78. The van der Waals surface area contributed by atoms with E-state index in [1.54, 1.807) is 0 Å². The van der Waals surface area contributed by atoms with E-state index in [1.165, 1.54) is 18.4 Å². The summed E-state index contributed by atoms with van der Waals surface area (Å²) in [5, 5.41) is 11.8. The lowest BCUT2D eigenvalue weighted by molar-refractivity contribution is 0.361. The summed E-state index contributed by atoms with van der Waals surface area (Å²) in [5.41, 5.74) is 1.29. The molecule has 1 aliphatic heterocycles. The van der Waals surface area contributed by atoms with Crippen LogP contribution in [-0.4, -0.2) is 27.9 Å². The molecule has 0 aliphatic carbocycles. The molecule has 1 aromatic heterocycles. The Kier molecular flexibility index (Phi) is 3.37. The minimum Gasteiger partial charge on any atom is -0.317 e. The number of hydrogen-bond acceptors (Lipinski definition) is 3. The SMILES string of the molecule is c1ccc(Cc2nncn2C2CCNCC2)cc1. The van der Waals surface area contributed by atoms with Crippen molar-refractivity contribution < 1.29 is 0 Å². The molecule has 0 spiro atoms. The third kappa shape index (κ3) is 2.43. The Morgan fingerprint density at radius 2 is 1.94 bits per heavy atom. The summed E-state index contributed by atoms with van der Waals surface area (Å²) in [7, 11) is 0. The third-order valence-corrected chi connectivity index (χ3v) is 3.55. The number of piperidine rings is 1. The molecular weight excluding hydrogens is 224 g/mol. The van der Waals surface area contributed by atoms with Gasteiger partial charge in [-0.1, -0.05) is 30.3 Å². The fourth-order valence-electron chi connectivity index (χ4n) is 2.56. The van der Waals surface area contributed by atoms with Gasteiger partial charge in [-0.25, -0.2) is 0 Å². The minimum absolute atomic E-state index is 0.556. The second-order valence-electron chi connectivity index (χ2n) is 4.80. The normalized spacial score (nSPS) is 16.9. The van der Waals surface area contributed by atoms with Crippen LogP contribution in [0.5, 0.6) is 0 Å². The second-order valence-corrected chi connectivity index (χ2v) is 4.80. The zero-order valence-corrected chi connectivity index (χ0v) is 10.4. The molecule has 18 heavy (non-hydrogen) atoms. The summed E-state index contributed by atoms with van der Waals surface area (Å²) in [6.07, 6.45) is 5.08. The van der Waals surface area contributed by atoms with Crippen molar-refractivity contribution in [1.29, 1.82) is 0 Å². The summed E-state index contributed by atoms with van der Waals surface area (Å²) in [6.45, 7) is 2.18. The highest BCUT2D eigenvalue weighted by molar-refractivity contribution is 5.18. The topological polar surface area (TPSA) is 42.7 Å². The quantitative estimate of drug-likeness (QED) is 0.892. The molecule has 3 rings (SSSR count). The van der Waals surface area contributed by atoms with Gasteiger partial charge < -0.3 is 9.88 Å². The molecule has 0 saturated carbocycles. The van der Waals surface area contributed by atoms with Crippen LogP contribution >= 0.6 is 0 Å². The maximum Gasteiger partial charge on any atom is 0.137 e. The van der Waals surface area contributed by atoms with E-state index in [9.17, 15) is 0 Å². The number of hydrogen-bond donors (Lipinski definition) is 1. The van der Waals surface area contributed by atoms with Crippen LogP contribution in [0.1, 0.15) is 30.3 Å². The van der Waals surface area contributed by atoms with Crippen molar-refractivity contribution in [3.05, 3.63) is 48.0 Å². The molecule has 2 heterocycles. The van der Waals surface area contributed by atoms with Gasteiger partial charge in [-0.05, 0) is 31.5 Å². The highest BCUT2D eigenvalue weighted by Crippen LogP contribution is 2.20. The molecule has 0 radical (unpaired) electrons. The third-order valence-electron chi connectivity index (χ3n) is 3.55. The predicted molar refractivity (Wildman–Crippen MR) is 70.4 cm³/mol. The van der Waals surface area contributed by atoms with E-state index in [-0.39, 0.29) is 0 Å². The minimum atomic E-state index is 0.556. The largest absolute Gasteiger partial charge is 0.317 e. The van der Waals surface area contributed by atoms with Gasteiger partial charge in [0.25, 0.3) is 0 Å². The van der Waals surface area contributed by atoms with Crippen LogP contribution in [0.2, 0.25) is 0 Å². The Bertz CT molecular complexity index is 486. The molecule has 0 bridgehead atoms. The first-order valence-electron chi connectivity index (χ1n) is 6.56. The van der Waals surface area contributed by atoms with Crippen LogP contribution < -0.4 is 5.32 Å². The molecule has 0 amide bonds. The van der Waals surface area contributed by atoms with Crippen molar-refractivity contribution in [1.82, 2.24) is 20.1 Å². The highest BCUT2D eigenvalue weighted by atomic mass is 15.3. The summed E-state index contributed by atoms with van der Waals surface area (Å²) in [4.78, 5) is 0. The van der Waals surface area contributed by atoms with Crippen LogP contribution in [0.15, 0.2) is 36.7 Å². The fourth-order valence-corrected chi connectivity index (χ4v) is 2.56. The molecular formula is C14H18N4. The van der Waals surface area contributed by atoms with Gasteiger partial charge in [-0.3, -0.25) is 0 Å². The second kappa shape index (κ2) is 5.31. The smallest absolute Gasteiger partial charge is 0.137 e. The van der Waals surface area contributed by atoms with Crippen LogP contribution in [0, 0.1) is 0 Å². The standard InChI is InChI=1S/C14H18N4/c1-2-4-12(5-3-1)10-14-17-16-11-18(14)13-6-8-15-9-7-13/h1-5,11,13,15H,6-10H2. The van der Waals surface area contributed by atoms with E-state index < -0.39 is 0 Å². The van der Waals surface area contributed by atoms with E-state index >= 15 is 0 Å². The van der Waals surface area contributed by atoms with Crippen molar-refractivity contribution in [2.75, 3.05) is 13.1 Å². The van der Waals surface area contributed by atoms with Gasteiger partial charge in [-0.2, -0.15) is 0 Å². The summed E-state index contributed by atoms with van der Waals surface area (Å²) >= 11 is 0. The first-order valence-corrected chi connectivity index (χ1v) is 6.56. The Morgan fingerprint density at radius 3 is 2.72 bits per heavy atom.